The average molecular weight is 257 g/mol. The third-order valence-electron chi connectivity index (χ3n) is 1.90. The molecule has 0 bridgehead atoms. The maximum absolute atomic E-state index is 10.8. The van der Waals surface area contributed by atoms with Crippen molar-refractivity contribution in [2.75, 3.05) is 0 Å². The van der Waals surface area contributed by atoms with Crippen molar-refractivity contribution in [2.24, 2.45) is 0 Å². The van der Waals surface area contributed by atoms with Crippen molar-refractivity contribution in [1.82, 2.24) is 0 Å². The number of carboxylic acids is 1. The standard InChI is InChI=1S/C7H3N3O8/c11-7(12)6-4(9(15)16)1-3(8(13)14)2-5(6)10(17)18/h1-2H,(H,11,12). The lowest BCUT2D eigenvalue weighted by molar-refractivity contribution is -0.403. The molecule has 0 aliphatic carbocycles. The van der Waals surface area contributed by atoms with Crippen LogP contribution in [0, 0.1) is 30.3 Å². The molecular weight excluding hydrogens is 254 g/mol. The summed E-state index contributed by atoms with van der Waals surface area (Å²) in [4.78, 5) is 38.8. The van der Waals surface area contributed by atoms with Gasteiger partial charge in [0.2, 0.25) is 5.56 Å². The molecule has 0 fully saturated rings. The van der Waals surface area contributed by atoms with Gasteiger partial charge in [-0.05, 0) is 0 Å². The molecule has 0 heterocycles. The van der Waals surface area contributed by atoms with Crippen LogP contribution >= 0.6 is 0 Å². The Morgan fingerprint density at radius 2 is 1.33 bits per heavy atom. The number of aromatic carboxylic acids is 1. The molecule has 0 unspecified atom stereocenters. The van der Waals surface area contributed by atoms with Crippen molar-refractivity contribution in [3.05, 3.63) is 48.0 Å². The first-order valence-electron chi connectivity index (χ1n) is 4.10. The second kappa shape index (κ2) is 4.40. The van der Waals surface area contributed by atoms with Gasteiger partial charge in [0.05, 0.1) is 26.9 Å². The van der Waals surface area contributed by atoms with Crippen LogP contribution in [0.4, 0.5) is 17.1 Å². The van der Waals surface area contributed by atoms with Crippen LogP contribution in [0.1, 0.15) is 10.4 Å². The minimum absolute atomic E-state index is 0.358. The van der Waals surface area contributed by atoms with E-state index in [4.69, 9.17) is 5.11 Å². The summed E-state index contributed by atoms with van der Waals surface area (Å²) in [5.74, 6) is -1.91. The predicted molar refractivity (Wildman–Crippen MR) is 53.4 cm³/mol. The maximum Gasteiger partial charge on any atom is 0.349 e. The number of carbonyl (C=O) groups is 1. The van der Waals surface area contributed by atoms with Gasteiger partial charge in [0, 0.05) is 0 Å². The highest BCUT2D eigenvalue weighted by atomic mass is 16.6. The first kappa shape index (κ1) is 13.0. The molecule has 0 atom stereocenters. The predicted octanol–water partition coefficient (Wildman–Crippen LogP) is 1.11. The molecule has 11 nitrogen and oxygen atoms in total. The number of nitro groups is 3. The van der Waals surface area contributed by atoms with E-state index in [0.29, 0.717) is 12.1 Å². The quantitative estimate of drug-likeness (QED) is 0.617. The number of nitrogens with zero attached hydrogens (tertiary/aromatic N) is 3. The highest BCUT2D eigenvalue weighted by Crippen LogP contribution is 2.33. The summed E-state index contributed by atoms with van der Waals surface area (Å²) >= 11 is 0. The molecule has 94 valence electrons. The summed E-state index contributed by atoms with van der Waals surface area (Å²) in [7, 11) is 0. The Balaban J connectivity index is 3.76. The van der Waals surface area contributed by atoms with Gasteiger partial charge >= 0.3 is 5.97 Å². The van der Waals surface area contributed by atoms with Gasteiger partial charge in [-0.3, -0.25) is 30.3 Å². The summed E-state index contributed by atoms with van der Waals surface area (Å²) in [6.45, 7) is 0. The van der Waals surface area contributed by atoms with E-state index in [1.807, 2.05) is 0 Å². The third kappa shape index (κ3) is 2.18. The minimum atomic E-state index is -1.91. The zero-order valence-electron chi connectivity index (χ0n) is 8.30. The van der Waals surface area contributed by atoms with E-state index in [1.165, 1.54) is 0 Å². The molecule has 11 heteroatoms. The van der Waals surface area contributed by atoms with E-state index in [0.717, 1.165) is 0 Å². The smallest absolute Gasteiger partial charge is 0.349 e. The lowest BCUT2D eigenvalue weighted by atomic mass is 10.1. The Hall–Kier alpha value is -3.11. The third-order valence-corrected chi connectivity index (χ3v) is 1.90. The monoisotopic (exact) mass is 257 g/mol. The molecule has 0 spiro atoms. The molecule has 1 N–H and O–H groups in total. The molecule has 0 radical (unpaired) electrons. The lowest BCUT2D eigenvalue weighted by Gasteiger charge is -2.00. The summed E-state index contributed by atoms with van der Waals surface area (Å²) in [5.41, 5.74) is -4.54. The van der Waals surface area contributed by atoms with Crippen LogP contribution < -0.4 is 0 Å². The number of nitro benzene ring substituents is 3. The molecule has 1 aromatic rings. The number of carboxylic acid groups (broad SMARTS) is 1. The molecular formula is C7H3N3O8. The zero-order chi connectivity index (χ0) is 14.0. The second-order valence-electron chi connectivity index (χ2n) is 2.94. The Bertz CT molecular complexity index is 545. The summed E-state index contributed by atoms with van der Waals surface area (Å²) in [6, 6.07) is 0.715. The molecule has 1 aromatic carbocycles. The molecule has 0 aliphatic heterocycles. The van der Waals surface area contributed by atoms with E-state index in [1.54, 1.807) is 0 Å². The van der Waals surface area contributed by atoms with Crippen molar-refractivity contribution in [2.45, 2.75) is 0 Å². The fourth-order valence-corrected chi connectivity index (χ4v) is 1.21. The van der Waals surface area contributed by atoms with Gasteiger partial charge in [-0.1, -0.05) is 0 Å². The second-order valence-corrected chi connectivity index (χ2v) is 2.94. The fourth-order valence-electron chi connectivity index (χ4n) is 1.21. The molecule has 0 amide bonds. The molecule has 18 heavy (non-hydrogen) atoms. The van der Waals surface area contributed by atoms with Crippen molar-refractivity contribution in [1.29, 1.82) is 0 Å². The van der Waals surface area contributed by atoms with E-state index >= 15 is 0 Å². The largest absolute Gasteiger partial charge is 0.477 e. The zero-order valence-corrected chi connectivity index (χ0v) is 8.30. The summed E-state index contributed by atoms with van der Waals surface area (Å²) in [6.07, 6.45) is 0. The van der Waals surface area contributed by atoms with Crippen LogP contribution in [0.5, 0.6) is 0 Å². The molecule has 0 aliphatic rings. The van der Waals surface area contributed by atoms with Crippen molar-refractivity contribution >= 4 is 23.0 Å². The maximum atomic E-state index is 10.8. The van der Waals surface area contributed by atoms with E-state index in [2.05, 4.69) is 0 Å². The van der Waals surface area contributed by atoms with E-state index in [9.17, 15) is 35.1 Å². The SMILES string of the molecule is O=C(O)c1c([N+](=O)[O-])cc([N+](=O)[O-])cc1[N+](=O)[O-]. The first-order valence-corrected chi connectivity index (χ1v) is 4.10. The molecule has 0 saturated carbocycles. The number of non-ortho nitro benzene ring substituents is 1. The Morgan fingerprint density at radius 3 is 1.56 bits per heavy atom. The van der Waals surface area contributed by atoms with E-state index in [-0.39, 0.29) is 0 Å². The number of rotatable bonds is 4. The highest BCUT2D eigenvalue weighted by Gasteiger charge is 2.34. The van der Waals surface area contributed by atoms with Crippen LogP contribution in [0.2, 0.25) is 0 Å². The van der Waals surface area contributed by atoms with Crippen molar-refractivity contribution in [3.63, 3.8) is 0 Å². The topological polar surface area (TPSA) is 167 Å². The summed E-state index contributed by atoms with van der Waals surface area (Å²) in [5, 5.41) is 40.3. The molecule has 1 rings (SSSR count). The number of benzene rings is 1. The van der Waals surface area contributed by atoms with Gasteiger partial charge in [0.25, 0.3) is 17.1 Å². The Labute approximate surface area is 96.7 Å². The number of hydrogen-bond donors (Lipinski definition) is 1. The summed E-state index contributed by atoms with van der Waals surface area (Å²) < 4.78 is 0. The molecule has 0 aromatic heterocycles. The van der Waals surface area contributed by atoms with Gasteiger partial charge in [-0.2, -0.15) is 0 Å². The van der Waals surface area contributed by atoms with Gasteiger partial charge in [0.15, 0.2) is 0 Å². The van der Waals surface area contributed by atoms with Crippen LogP contribution in [0.3, 0.4) is 0 Å². The van der Waals surface area contributed by atoms with Crippen molar-refractivity contribution < 1.29 is 24.7 Å². The fraction of sp³-hybridized carbons (Fsp3) is 0. The highest BCUT2D eigenvalue weighted by molar-refractivity contribution is 5.97. The Morgan fingerprint density at radius 1 is 0.944 bits per heavy atom. The van der Waals surface area contributed by atoms with Gasteiger partial charge in [0.1, 0.15) is 0 Å². The van der Waals surface area contributed by atoms with Gasteiger partial charge in [-0.15, -0.1) is 0 Å². The van der Waals surface area contributed by atoms with Crippen LogP contribution in [0.25, 0.3) is 0 Å². The van der Waals surface area contributed by atoms with Gasteiger partial charge < -0.3 is 5.11 Å². The van der Waals surface area contributed by atoms with Crippen LogP contribution in [-0.4, -0.2) is 25.8 Å². The van der Waals surface area contributed by atoms with Crippen LogP contribution in [0.15, 0.2) is 12.1 Å². The molecule has 0 saturated heterocycles. The average Bonchev–Trinajstić information content (AvgIpc) is 2.26. The van der Waals surface area contributed by atoms with E-state index < -0.39 is 43.4 Å². The minimum Gasteiger partial charge on any atom is -0.477 e. The van der Waals surface area contributed by atoms with Crippen molar-refractivity contribution in [3.8, 4) is 0 Å². The first-order chi connectivity index (χ1) is 8.25. The number of hydrogen-bond acceptors (Lipinski definition) is 7. The normalized spacial score (nSPS) is 9.78. The Kier molecular flexibility index (Phi) is 3.17. The lowest BCUT2D eigenvalue weighted by Crippen LogP contribution is -2.08. The van der Waals surface area contributed by atoms with Crippen LogP contribution in [-0.2, 0) is 0 Å². The van der Waals surface area contributed by atoms with Gasteiger partial charge in [-0.25, -0.2) is 4.79 Å².